The zero-order valence-electron chi connectivity index (χ0n) is 34.6. The van der Waals surface area contributed by atoms with E-state index in [-0.39, 0.29) is 12.2 Å². The standard InChI is InChI=1S/C36H82O7Si6/c1-44(2,3)39-48(40-45(4,5)6,37-35-31-27-23-19-15-13-16-20-24-28-32-35)43-49(41-46(7,8)9,42-47(10,11)12)38-36-33-29-25-21-17-14-18-22-26-30-34-36/h35-36H,13-34H2,1-12H3. The van der Waals surface area contributed by atoms with Crippen molar-refractivity contribution in [1.82, 2.24) is 0 Å². The van der Waals surface area contributed by atoms with Gasteiger partial charge in [-0.25, -0.2) is 0 Å². The van der Waals surface area contributed by atoms with Crippen LogP contribution >= 0.6 is 0 Å². The van der Waals surface area contributed by atoms with E-state index >= 15 is 0 Å². The zero-order valence-corrected chi connectivity index (χ0v) is 40.6. The third-order valence-electron chi connectivity index (χ3n) is 8.70. The van der Waals surface area contributed by atoms with Crippen molar-refractivity contribution < 1.29 is 29.4 Å². The van der Waals surface area contributed by atoms with E-state index in [2.05, 4.69) is 78.6 Å². The predicted octanol–water partition coefficient (Wildman–Crippen LogP) is 12.7. The number of hydrogen-bond donors (Lipinski definition) is 0. The molecule has 2 saturated carbocycles. The van der Waals surface area contributed by atoms with Crippen LogP contribution in [0.25, 0.3) is 0 Å². The number of hydrogen-bond acceptors (Lipinski definition) is 7. The smallest absolute Gasteiger partial charge is 0.395 e. The van der Waals surface area contributed by atoms with E-state index in [0.717, 1.165) is 51.4 Å². The summed E-state index contributed by atoms with van der Waals surface area (Å²) in [5.74, 6) is 0. The van der Waals surface area contributed by atoms with Gasteiger partial charge in [0.15, 0.2) is 33.3 Å². The summed E-state index contributed by atoms with van der Waals surface area (Å²) < 4.78 is 51.3. The minimum absolute atomic E-state index is 0.0191. The topological polar surface area (TPSA) is 64.6 Å². The summed E-state index contributed by atoms with van der Waals surface area (Å²) >= 11 is 0. The van der Waals surface area contributed by atoms with Crippen molar-refractivity contribution in [3.05, 3.63) is 0 Å². The molecule has 292 valence electrons. The summed E-state index contributed by atoms with van der Waals surface area (Å²) in [4.78, 5) is 0. The Balaban J connectivity index is 2.66. The van der Waals surface area contributed by atoms with Gasteiger partial charge in [0.1, 0.15) is 0 Å². The highest BCUT2D eigenvalue weighted by molar-refractivity contribution is 6.89. The van der Waals surface area contributed by atoms with Gasteiger partial charge in [0, 0.05) is 0 Å². The van der Waals surface area contributed by atoms with Crippen molar-refractivity contribution in [2.24, 2.45) is 0 Å². The van der Waals surface area contributed by atoms with Gasteiger partial charge in [-0.2, -0.15) is 0 Å². The lowest BCUT2D eigenvalue weighted by atomic mass is 10.00. The molecule has 0 amide bonds. The Morgan fingerprint density at radius 2 is 0.449 bits per heavy atom. The van der Waals surface area contributed by atoms with Gasteiger partial charge >= 0.3 is 18.1 Å². The highest BCUT2D eigenvalue weighted by Crippen LogP contribution is 2.36. The SMILES string of the molecule is C[Si](C)(C)O[Si](OC1CCCCCCCCCCC1)(O[Si](C)(C)C)O[Si](OC1CCCCCCCCCCC1)(O[Si](C)(C)C)O[Si](C)(C)C. The molecule has 2 fully saturated rings. The van der Waals surface area contributed by atoms with E-state index in [1.807, 2.05) is 0 Å². The predicted molar refractivity (Wildman–Crippen MR) is 222 cm³/mol. The molecule has 2 aliphatic rings. The zero-order chi connectivity index (χ0) is 36.7. The Labute approximate surface area is 311 Å². The molecule has 0 atom stereocenters. The van der Waals surface area contributed by atoms with E-state index in [0.29, 0.717) is 0 Å². The van der Waals surface area contributed by atoms with Gasteiger partial charge in [0.05, 0.1) is 12.2 Å². The average Bonchev–Trinajstić information content (AvgIpc) is 2.87. The van der Waals surface area contributed by atoms with Crippen molar-refractivity contribution in [1.29, 1.82) is 0 Å². The molecule has 7 nitrogen and oxygen atoms in total. The Kier molecular flexibility index (Phi) is 20.5. The lowest BCUT2D eigenvalue weighted by Crippen LogP contribution is -2.70. The van der Waals surface area contributed by atoms with Crippen LogP contribution in [0, 0.1) is 0 Å². The second-order valence-corrected chi connectivity index (χ2v) is 42.4. The molecular weight excluding hydrogens is 713 g/mol. The van der Waals surface area contributed by atoms with E-state index < -0.39 is 51.4 Å². The average molecular weight is 796 g/mol. The molecular formula is C36H82O7Si6. The first-order valence-corrected chi connectivity index (χ1v) is 37.5. The van der Waals surface area contributed by atoms with E-state index in [4.69, 9.17) is 29.4 Å². The quantitative estimate of drug-likeness (QED) is 0.162. The summed E-state index contributed by atoms with van der Waals surface area (Å²) in [6, 6.07) is 0. The van der Waals surface area contributed by atoms with Gasteiger partial charge in [-0.15, -0.1) is 0 Å². The minimum Gasteiger partial charge on any atom is -0.395 e. The Morgan fingerprint density at radius 3 is 0.633 bits per heavy atom. The molecule has 0 unspecified atom stereocenters. The minimum atomic E-state index is -3.86. The highest BCUT2D eigenvalue weighted by atomic mass is 28.6. The second kappa shape index (κ2) is 21.8. The van der Waals surface area contributed by atoms with Gasteiger partial charge in [-0.1, -0.05) is 116 Å². The molecule has 2 aliphatic carbocycles. The molecule has 0 aliphatic heterocycles. The van der Waals surface area contributed by atoms with Crippen LogP contribution in [0.4, 0.5) is 0 Å². The molecule has 0 N–H and O–H groups in total. The Hall–Kier alpha value is 1.02. The van der Waals surface area contributed by atoms with E-state index in [1.54, 1.807) is 0 Å². The first kappa shape index (κ1) is 46.2. The van der Waals surface area contributed by atoms with Crippen LogP contribution in [-0.2, 0) is 29.4 Å². The fraction of sp³-hybridized carbons (Fsp3) is 1.00. The first-order chi connectivity index (χ1) is 22.7. The van der Waals surface area contributed by atoms with Crippen LogP contribution in [0.15, 0.2) is 0 Å². The molecule has 0 aromatic carbocycles. The van der Waals surface area contributed by atoms with Gasteiger partial charge < -0.3 is 29.4 Å². The fourth-order valence-electron chi connectivity index (χ4n) is 6.82. The van der Waals surface area contributed by atoms with Crippen molar-refractivity contribution in [2.75, 3.05) is 0 Å². The molecule has 0 heterocycles. The summed E-state index contributed by atoms with van der Waals surface area (Å²) in [6.07, 6.45) is 27.1. The maximum Gasteiger partial charge on any atom is 0.652 e. The van der Waals surface area contributed by atoms with Crippen molar-refractivity contribution in [3.8, 4) is 0 Å². The van der Waals surface area contributed by atoms with Gasteiger partial charge in [0.25, 0.3) is 0 Å². The fourth-order valence-corrected chi connectivity index (χ4v) is 25.7. The number of rotatable bonds is 14. The molecule has 0 aromatic heterocycles. The van der Waals surface area contributed by atoms with Crippen LogP contribution in [0.2, 0.25) is 78.6 Å². The highest BCUT2D eigenvalue weighted by Gasteiger charge is 2.65. The third kappa shape index (κ3) is 22.8. The van der Waals surface area contributed by atoms with Crippen LogP contribution in [0.1, 0.15) is 141 Å². The summed E-state index contributed by atoms with van der Waals surface area (Å²) in [5.41, 5.74) is 0. The summed E-state index contributed by atoms with van der Waals surface area (Å²) in [5, 5.41) is 0. The van der Waals surface area contributed by atoms with Crippen molar-refractivity contribution >= 4 is 51.4 Å². The van der Waals surface area contributed by atoms with Gasteiger partial charge in [0.2, 0.25) is 0 Å². The second-order valence-electron chi connectivity index (χ2n) is 19.0. The molecule has 0 spiro atoms. The maximum atomic E-state index is 7.56. The van der Waals surface area contributed by atoms with Crippen molar-refractivity contribution in [2.45, 2.75) is 232 Å². The molecule has 13 heteroatoms. The molecule has 49 heavy (non-hydrogen) atoms. The maximum absolute atomic E-state index is 7.56. The van der Waals surface area contributed by atoms with E-state index in [9.17, 15) is 0 Å². The largest absolute Gasteiger partial charge is 0.652 e. The molecule has 2 rings (SSSR count). The first-order valence-electron chi connectivity index (χ1n) is 20.6. The molecule has 0 radical (unpaired) electrons. The molecule has 0 aromatic rings. The van der Waals surface area contributed by atoms with Crippen LogP contribution < -0.4 is 0 Å². The van der Waals surface area contributed by atoms with Crippen LogP contribution in [0.5, 0.6) is 0 Å². The van der Waals surface area contributed by atoms with Crippen LogP contribution in [-0.4, -0.2) is 63.6 Å². The lowest BCUT2D eigenvalue weighted by molar-refractivity contribution is -0.0299. The normalized spacial score (nSPS) is 21.3. The monoisotopic (exact) mass is 794 g/mol. The van der Waals surface area contributed by atoms with Gasteiger partial charge in [-0.05, 0) is 104 Å². The Morgan fingerprint density at radius 1 is 0.265 bits per heavy atom. The van der Waals surface area contributed by atoms with Crippen LogP contribution in [0.3, 0.4) is 0 Å². The third-order valence-corrected chi connectivity index (χ3v) is 25.7. The van der Waals surface area contributed by atoms with E-state index in [1.165, 1.54) is 89.9 Å². The molecule has 0 saturated heterocycles. The van der Waals surface area contributed by atoms with Gasteiger partial charge in [-0.3, -0.25) is 0 Å². The summed E-state index contributed by atoms with van der Waals surface area (Å²) in [7, 11) is -16.7. The summed E-state index contributed by atoms with van der Waals surface area (Å²) in [6.45, 7) is 26.7. The van der Waals surface area contributed by atoms with Crippen molar-refractivity contribution in [3.63, 3.8) is 0 Å². The lowest BCUT2D eigenvalue weighted by Gasteiger charge is -2.46. The Bertz CT molecular complexity index is 759. The molecule has 0 bridgehead atoms.